The molecule has 1 N–H and O–H groups in total. The van der Waals surface area contributed by atoms with Crippen LogP contribution in [0.3, 0.4) is 0 Å². The number of carbonyl (C=O) groups is 1. The van der Waals surface area contributed by atoms with Crippen LogP contribution in [0.1, 0.15) is 28.8 Å². The van der Waals surface area contributed by atoms with Gasteiger partial charge in [0, 0.05) is 30.1 Å². The van der Waals surface area contributed by atoms with Gasteiger partial charge >= 0.3 is 0 Å². The van der Waals surface area contributed by atoms with Gasteiger partial charge in [-0.2, -0.15) is 0 Å². The van der Waals surface area contributed by atoms with Crippen LogP contribution >= 0.6 is 0 Å². The smallest absolute Gasteiger partial charge is 0.247 e. The molecule has 6 heteroatoms. The molecule has 2 aromatic carbocycles. The number of nitrogens with one attached hydrogen (secondary N) is 1. The summed E-state index contributed by atoms with van der Waals surface area (Å²) in [6.07, 6.45) is 5.81. The zero-order chi connectivity index (χ0) is 20.5. The molecule has 4 aromatic rings. The van der Waals surface area contributed by atoms with Gasteiger partial charge in [0.15, 0.2) is 0 Å². The monoisotopic (exact) mass is 399 g/mol. The lowest BCUT2D eigenvalue weighted by Gasteiger charge is -2.33. The second-order valence-electron chi connectivity index (χ2n) is 7.25. The number of hydrogen-bond acceptors (Lipinski definition) is 4. The van der Waals surface area contributed by atoms with Gasteiger partial charge in [0.25, 0.3) is 0 Å². The van der Waals surface area contributed by atoms with E-state index in [1.165, 1.54) is 0 Å². The molecule has 0 bridgehead atoms. The number of amides is 1. The molecule has 6 nitrogen and oxygen atoms in total. The molecule has 0 fully saturated rings. The average molecular weight is 399 g/mol. The van der Waals surface area contributed by atoms with E-state index in [1.807, 2.05) is 59.5 Å². The fraction of sp³-hybridized carbons (Fsp3) is 0.167. The maximum atomic E-state index is 13.2. The summed E-state index contributed by atoms with van der Waals surface area (Å²) in [5, 5.41) is 1.01. The Morgan fingerprint density at radius 3 is 3.00 bits per heavy atom. The lowest BCUT2D eigenvalue weighted by molar-refractivity contribution is -0.128. The number of methoxy groups -OCH3 is 1. The van der Waals surface area contributed by atoms with E-state index in [9.17, 15) is 4.79 Å². The topological polar surface area (TPSA) is 71.4 Å². The van der Waals surface area contributed by atoms with Crippen LogP contribution in [-0.2, 0) is 11.2 Å². The third kappa shape index (κ3) is 3.26. The third-order valence-electron chi connectivity index (χ3n) is 5.43. The number of imidazole rings is 1. The Hall–Kier alpha value is -3.80. The Balaban J connectivity index is 1.49. The van der Waals surface area contributed by atoms with E-state index in [0.29, 0.717) is 12.3 Å². The van der Waals surface area contributed by atoms with E-state index in [0.717, 1.165) is 40.1 Å². The van der Waals surface area contributed by atoms with Crippen molar-refractivity contribution in [3.05, 3.63) is 89.7 Å². The van der Waals surface area contributed by atoms with E-state index >= 15 is 0 Å². The molecule has 0 saturated carbocycles. The zero-order valence-electron chi connectivity index (χ0n) is 16.5. The number of H-pyrrole nitrogens is 1. The standard InChI is InChI=1S/C24H21N3O3/c1-29-18-7-4-5-16(13-18)9-10-22(28)27-12-11-19-23(26-15-25-19)24(27)21-14-17-6-2-3-8-20(17)30-21/h2-10,13-15,24H,11-12H2,1H3,(H,25,26)/b10-9+/t24-/m1/s1. The van der Waals surface area contributed by atoms with Gasteiger partial charge in [0.2, 0.25) is 5.91 Å². The van der Waals surface area contributed by atoms with Gasteiger partial charge in [-0.1, -0.05) is 30.3 Å². The normalized spacial score (nSPS) is 16.2. The summed E-state index contributed by atoms with van der Waals surface area (Å²) in [6.45, 7) is 0.582. The minimum absolute atomic E-state index is 0.0862. The first-order valence-corrected chi connectivity index (χ1v) is 9.86. The van der Waals surface area contributed by atoms with Gasteiger partial charge in [0.1, 0.15) is 23.1 Å². The molecule has 0 radical (unpaired) electrons. The van der Waals surface area contributed by atoms with Crippen molar-refractivity contribution >= 4 is 23.0 Å². The Morgan fingerprint density at radius 2 is 2.13 bits per heavy atom. The van der Waals surface area contributed by atoms with Crippen LogP contribution in [0, 0.1) is 0 Å². The number of furan rings is 1. The lowest BCUT2D eigenvalue weighted by Crippen LogP contribution is -2.39. The highest BCUT2D eigenvalue weighted by Crippen LogP contribution is 2.36. The fourth-order valence-electron chi connectivity index (χ4n) is 3.95. The van der Waals surface area contributed by atoms with Crippen LogP contribution in [0.15, 0.2) is 71.4 Å². The second-order valence-corrected chi connectivity index (χ2v) is 7.25. The molecule has 30 heavy (non-hydrogen) atoms. The summed E-state index contributed by atoms with van der Waals surface area (Å²) >= 11 is 0. The van der Waals surface area contributed by atoms with E-state index in [1.54, 1.807) is 25.6 Å². The van der Waals surface area contributed by atoms with E-state index in [4.69, 9.17) is 9.15 Å². The molecule has 1 amide bonds. The van der Waals surface area contributed by atoms with Crippen molar-refractivity contribution in [2.24, 2.45) is 0 Å². The average Bonchev–Trinajstić information content (AvgIpc) is 3.43. The summed E-state index contributed by atoms with van der Waals surface area (Å²) < 4.78 is 11.4. The highest BCUT2D eigenvalue weighted by molar-refractivity contribution is 5.92. The number of carbonyl (C=O) groups excluding carboxylic acids is 1. The van der Waals surface area contributed by atoms with Crippen molar-refractivity contribution in [1.82, 2.24) is 14.9 Å². The van der Waals surface area contributed by atoms with Crippen molar-refractivity contribution in [2.45, 2.75) is 12.5 Å². The number of benzene rings is 2. The minimum atomic E-state index is -0.366. The Morgan fingerprint density at radius 1 is 1.23 bits per heavy atom. The van der Waals surface area contributed by atoms with Crippen LogP contribution in [-0.4, -0.2) is 34.4 Å². The Kier molecular flexibility index (Phi) is 4.59. The van der Waals surface area contributed by atoms with E-state index in [-0.39, 0.29) is 11.9 Å². The number of hydrogen-bond donors (Lipinski definition) is 1. The van der Waals surface area contributed by atoms with Crippen LogP contribution in [0.2, 0.25) is 0 Å². The largest absolute Gasteiger partial charge is 0.497 e. The molecule has 3 heterocycles. The van der Waals surface area contributed by atoms with Crippen LogP contribution < -0.4 is 4.74 Å². The molecule has 0 spiro atoms. The molecule has 2 aromatic heterocycles. The predicted octanol–water partition coefficient (Wildman–Crippen LogP) is 4.35. The third-order valence-corrected chi connectivity index (χ3v) is 5.43. The number of aromatic amines is 1. The van der Waals surface area contributed by atoms with Gasteiger partial charge in [-0.15, -0.1) is 0 Å². The summed E-state index contributed by atoms with van der Waals surface area (Å²) in [7, 11) is 1.63. The highest BCUT2D eigenvalue weighted by atomic mass is 16.5. The number of para-hydroxylation sites is 1. The van der Waals surface area contributed by atoms with Crippen molar-refractivity contribution in [1.29, 1.82) is 0 Å². The quantitative estimate of drug-likeness (QED) is 0.518. The fourth-order valence-corrected chi connectivity index (χ4v) is 3.95. The number of ether oxygens (including phenoxy) is 1. The predicted molar refractivity (Wildman–Crippen MR) is 114 cm³/mol. The van der Waals surface area contributed by atoms with Crippen LogP contribution in [0.4, 0.5) is 0 Å². The first kappa shape index (κ1) is 18.2. The first-order chi connectivity index (χ1) is 14.7. The van der Waals surface area contributed by atoms with E-state index in [2.05, 4.69) is 9.97 Å². The maximum absolute atomic E-state index is 13.2. The van der Waals surface area contributed by atoms with Crippen LogP contribution in [0.25, 0.3) is 17.0 Å². The summed E-state index contributed by atoms with van der Waals surface area (Å²) in [5.74, 6) is 1.38. The molecule has 5 rings (SSSR count). The van der Waals surface area contributed by atoms with Gasteiger partial charge in [-0.05, 0) is 35.9 Å². The lowest BCUT2D eigenvalue weighted by atomic mass is 10.00. The number of rotatable bonds is 4. The maximum Gasteiger partial charge on any atom is 0.247 e. The number of fused-ring (bicyclic) bond motifs is 2. The zero-order valence-corrected chi connectivity index (χ0v) is 16.5. The van der Waals surface area contributed by atoms with Gasteiger partial charge in [-0.25, -0.2) is 4.98 Å². The second kappa shape index (κ2) is 7.55. The van der Waals surface area contributed by atoms with Crippen molar-refractivity contribution in [3.8, 4) is 5.75 Å². The molecule has 1 atom stereocenters. The summed E-state index contributed by atoms with van der Waals surface area (Å²) in [4.78, 5) is 22.7. The molecule has 0 unspecified atom stereocenters. The van der Waals surface area contributed by atoms with E-state index < -0.39 is 0 Å². The van der Waals surface area contributed by atoms with Gasteiger partial charge in [-0.3, -0.25) is 4.79 Å². The summed E-state index contributed by atoms with van der Waals surface area (Å²) in [5.41, 5.74) is 3.58. The molecule has 150 valence electrons. The van der Waals surface area contributed by atoms with Crippen molar-refractivity contribution in [2.75, 3.05) is 13.7 Å². The summed E-state index contributed by atoms with van der Waals surface area (Å²) in [6, 6.07) is 17.1. The molecule has 1 aliphatic heterocycles. The first-order valence-electron chi connectivity index (χ1n) is 9.86. The Bertz CT molecular complexity index is 1200. The minimum Gasteiger partial charge on any atom is -0.497 e. The van der Waals surface area contributed by atoms with Crippen molar-refractivity contribution in [3.63, 3.8) is 0 Å². The van der Waals surface area contributed by atoms with Gasteiger partial charge < -0.3 is 19.0 Å². The van der Waals surface area contributed by atoms with Crippen LogP contribution in [0.5, 0.6) is 5.75 Å². The molecular formula is C24H21N3O3. The molecule has 0 saturated heterocycles. The number of aromatic nitrogens is 2. The molecule has 0 aliphatic carbocycles. The molecule has 1 aliphatic rings. The van der Waals surface area contributed by atoms with Gasteiger partial charge in [0.05, 0.1) is 19.1 Å². The SMILES string of the molecule is COc1cccc(/C=C/C(=O)N2CCc3[nH]cnc3[C@H]2c2cc3ccccc3o2)c1. The highest BCUT2D eigenvalue weighted by Gasteiger charge is 2.35. The van der Waals surface area contributed by atoms with Crippen molar-refractivity contribution < 1.29 is 13.9 Å². The molecular weight excluding hydrogens is 378 g/mol. The Labute approximate surface area is 173 Å². The number of nitrogens with zero attached hydrogens (tertiary/aromatic N) is 2.